The molecule has 0 saturated carbocycles. The van der Waals surface area contributed by atoms with E-state index in [1.807, 2.05) is 56.4 Å². The molecule has 0 radical (unpaired) electrons. The summed E-state index contributed by atoms with van der Waals surface area (Å²) >= 11 is 0. The third kappa shape index (κ3) is 7.53. The van der Waals surface area contributed by atoms with Gasteiger partial charge in [0.2, 0.25) is 5.91 Å². The van der Waals surface area contributed by atoms with Gasteiger partial charge in [0, 0.05) is 43.6 Å². The van der Waals surface area contributed by atoms with Crippen LogP contribution in [0.15, 0.2) is 55.0 Å². The maximum Gasteiger partial charge on any atom is 0.224 e. The first kappa shape index (κ1) is 22.5. The molecule has 0 aliphatic heterocycles. The molecule has 1 atom stereocenters. The highest BCUT2D eigenvalue weighted by Crippen LogP contribution is 2.14. The van der Waals surface area contributed by atoms with Crippen molar-refractivity contribution in [3.8, 4) is 5.75 Å². The lowest BCUT2D eigenvalue weighted by Gasteiger charge is -2.13. The van der Waals surface area contributed by atoms with E-state index in [1.54, 1.807) is 12.4 Å². The Balaban J connectivity index is 1.29. The molecule has 3 aromatic rings. The minimum atomic E-state index is -0.0846. The molecule has 0 bridgehead atoms. The predicted octanol–water partition coefficient (Wildman–Crippen LogP) is 3.17. The Bertz CT molecular complexity index is 925. The first-order valence-electron chi connectivity index (χ1n) is 10.7. The molecule has 1 amide bonds. The second-order valence-corrected chi connectivity index (χ2v) is 7.73. The van der Waals surface area contributed by atoms with E-state index in [0.29, 0.717) is 26.2 Å². The van der Waals surface area contributed by atoms with E-state index in [9.17, 15) is 4.79 Å². The van der Waals surface area contributed by atoms with Gasteiger partial charge < -0.3 is 15.4 Å². The van der Waals surface area contributed by atoms with Crippen LogP contribution in [0.5, 0.6) is 5.75 Å². The fourth-order valence-corrected chi connectivity index (χ4v) is 3.17. The fraction of sp³-hybridized carbons (Fsp3) is 0.375. The zero-order chi connectivity index (χ0) is 21.9. The monoisotopic (exact) mass is 421 g/mol. The Hall–Kier alpha value is -3.19. The van der Waals surface area contributed by atoms with Crippen LogP contribution in [0.4, 0.5) is 0 Å². The van der Waals surface area contributed by atoms with Gasteiger partial charge in [0.25, 0.3) is 0 Å². The van der Waals surface area contributed by atoms with Gasteiger partial charge in [-0.15, -0.1) is 0 Å². The summed E-state index contributed by atoms with van der Waals surface area (Å²) in [5.41, 5.74) is 4.54. The fourth-order valence-electron chi connectivity index (χ4n) is 3.17. The van der Waals surface area contributed by atoms with Crippen molar-refractivity contribution in [3.05, 3.63) is 77.4 Å². The molecule has 0 aliphatic rings. The normalized spacial score (nSPS) is 11.8. The Morgan fingerprint density at radius 3 is 2.61 bits per heavy atom. The van der Waals surface area contributed by atoms with E-state index >= 15 is 0 Å². The van der Waals surface area contributed by atoms with Gasteiger partial charge in [0.1, 0.15) is 12.4 Å². The number of nitrogens with one attached hydrogen (secondary N) is 3. The Kier molecular flexibility index (Phi) is 8.60. The predicted molar refractivity (Wildman–Crippen MR) is 121 cm³/mol. The van der Waals surface area contributed by atoms with Gasteiger partial charge in [-0.25, -0.2) is 0 Å². The highest BCUT2D eigenvalue weighted by molar-refractivity contribution is 5.78. The Labute approximate surface area is 183 Å². The van der Waals surface area contributed by atoms with Crippen molar-refractivity contribution in [2.24, 2.45) is 5.92 Å². The molecule has 0 fully saturated rings. The molecule has 2 aromatic heterocycles. The van der Waals surface area contributed by atoms with Crippen LogP contribution in [0.3, 0.4) is 0 Å². The topological polar surface area (TPSA) is 91.9 Å². The van der Waals surface area contributed by atoms with Gasteiger partial charge in [-0.05, 0) is 60.7 Å². The summed E-state index contributed by atoms with van der Waals surface area (Å²) in [7, 11) is 0. The van der Waals surface area contributed by atoms with E-state index in [4.69, 9.17) is 4.74 Å². The Morgan fingerprint density at radius 1 is 1.13 bits per heavy atom. The third-order valence-corrected chi connectivity index (χ3v) is 5.16. The van der Waals surface area contributed by atoms with Crippen LogP contribution in [0.1, 0.15) is 35.7 Å². The zero-order valence-electron chi connectivity index (χ0n) is 18.2. The number of carbonyl (C=O) groups is 1. The van der Waals surface area contributed by atoms with Crippen molar-refractivity contribution in [1.82, 2.24) is 25.8 Å². The van der Waals surface area contributed by atoms with Gasteiger partial charge in [0.15, 0.2) is 0 Å². The standard InChI is InChI=1S/C24H31N5O2/c1-18(24(30)27-11-3-4-22-16-28-29-19(22)2)14-26-15-20-5-7-23(8-6-20)31-17-21-9-12-25-13-10-21/h5-10,12-13,16,18,26H,3-4,11,14-15,17H2,1-2H3,(H,27,30)(H,28,29)/t18-/m1/s1. The largest absolute Gasteiger partial charge is 0.489 e. The summed E-state index contributed by atoms with van der Waals surface area (Å²) in [6, 6.07) is 11.9. The van der Waals surface area contributed by atoms with Gasteiger partial charge >= 0.3 is 0 Å². The van der Waals surface area contributed by atoms with Gasteiger partial charge in [-0.2, -0.15) is 5.10 Å². The van der Waals surface area contributed by atoms with Crippen LogP contribution in [0.25, 0.3) is 0 Å². The number of ether oxygens (including phenoxy) is 1. The minimum Gasteiger partial charge on any atom is -0.489 e. The van der Waals surface area contributed by atoms with Crippen LogP contribution in [-0.2, 0) is 24.4 Å². The van der Waals surface area contributed by atoms with E-state index in [1.165, 1.54) is 5.56 Å². The molecule has 0 unspecified atom stereocenters. The summed E-state index contributed by atoms with van der Waals surface area (Å²) in [5, 5.41) is 13.3. The molecule has 1 aromatic carbocycles. The van der Waals surface area contributed by atoms with Crippen molar-refractivity contribution in [2.75, 3.05) is 13.1 Å². The van der Waals surface area contributed by atoms with Crippen molar-refractivity contribution in [3.63, 3.8) is 0 Å². The Morgan fingerprint density at radius 2 is 1.90 bits per heavy atom. The lowest BCUT2D eigenvalue weighted by molar-refractivity contribution is -0.124. The number of pyridine rings is 1. The van der Waals surface area contributed by atoms with E-state index in [-0.39, 0.29) is 11.8 Å². The summed E-state index contributed by atoms with van der Waals surface area (Å²) in [4.78, 5) is 16.3. The molecular formula is C24H31N5O2. The molecular weight excluding hydrogens is 390 g/mol. The number of hydrogen-bond donors (Lipinski definition) is 3. The second-order valence-electron chi connectivity index (χ2n) is 7.73. The molecule has 7 nitrogen and oxygen atoms in total. The zero-order valence-corrected chi connectivity index (χ0v) is 18.2. The number of carbonyl (C=O) groups excluding carboxylic acids is 1. The average Bonchev–Trinajstić information content (AvgIpc) is 3.21. The molecule has 2 heterocycles. The van der Waals surface area contributed by atoms with Gasteiger partial charge in [-0.1, -0.05) is 19.1 Å². The SMILES string of the molecule is Cc1[nH]ncc1CCCNC(=O)[C@H](C)CNCc1ccc(OCc2ccncc2)cc1. The number of aryl methyl sites for hydroxylation is 2. The van der Waals surface area contributed by atoms with E-state index in [2.05, 4.69) is 25.8 Å². The number of benzene rings is 1. The number of H-pyrrole nitrogens is 1. The molecule has 3 rings (SSSR count). The number of aromatic nitrogens is 3. The molecule has 164 valence electrons. The lowest BCUT2D eigenvalue weighted by atomic mass is 10.1. The number of nitrogens with zero attached hydrogens (tertiary/aromatic N) is 2. The number of rotatable bonds is 12. The van der Waals surface area contributed by atoms with E-state index in [0.717, 1.165) is 35.4 Å². The van der Waals surface area contributed by atoms with Crippen molar-refractivity contribution >= 4 is 5.91 Å². The number of amides is 1. The van der Waals surface area contributed by atoms with Crippen LogP contribution in [0.2, 0.25) is 0 Å². The summed E-state index contributed by atoms with van der Waals surface area (Å²) in [6.45, 7) is 6.49. The maximum absolute atomic E-state index is 12.3. The summed E-state index contributed by atoms with van der Waals surface area (Å²) in [6.07, 6.45) is 7.19. The van der Waals surface area contributed by atoms with Gasteiger partial charge in [0.05, 0.1) is 6.20 Å². The highest BCUT2D eigenvalue weighted by Gasteiger charge is 2.12. The smallest absolute Gasteiger partial charge is 0.224 e. The van der Waals surface area contributed by atoms with Crippen molar-refractivity contribution in [2.45, 2.75) is 39.8 Å². The van der Waals surface area contributed by atoms with Crippen LogP contribution >= 0.6 is 0 Å². The first-order valence-corrected chi connectivity index (χ1v) is 10.7. The lowest BCUT2D eigenvalue weighted by Crippen LogP contribution is -2.35. The quantitative estimate of drug-likeness (QED) is 0.391. The summed E-state index contributed by atoms with van der Waals surface area (Å²) < 4.78 is 5.79. The molecule has 0 spiro atoms. The third-order valence-electron chi connectivity index (χ3n) is 5.16. The van der Waals surface area contributed by atoms with E-state index < -0.39 is 0 Å². The number of aromatic amines is 1. The highest BCUT2D eigenvalue weighted by atomic mass is 16.5. The molecule has 0 aliphatic carbocycles. The number of hydrogen-bond acceptors (Lipinski definition) is 5. The second kappa shape index (κ2) is 11.9. The van der Waals surface area contributed by atoms with Crippen molar-refractivity contribution in [1.29, 1.82) is 0 Å². The maximum atomic E-state index is 12.3. The van der Waals surface area contributed by atoms with Gasteiger partial charge in [-0.3, -0.25) is 14.9 Å². The summed E-state index contributed by atoms with van der Waals surface area (Å²) in [5.74, 6) is 0.828. The van der Waals surface area contributed by atoms with Crippen LogP contribution in [0, 0.1) is 12.8 Å². The average molecular weight is 422 g/mol. The molecule has 31 heavy (non-hydrogen) atoms. The molecule has 3 N–H and O–H groups in total. The molecule has 7 heteroatoms. The molecule has 0 saturated heterocycles. The van der Waals surface area contributed by atoms with Crippen LogP contribution in [-0.4, -0.2) is 34.2 Å². The van der Waals surface area contributed by atoms with Crippen molar-refractivity contribution < 1.29 is 9.53 Å². The minimum absolute atomic E-state index is 0.0799. The van der Waals surface area contributed by atoms with Crippen LogP contribution < -0.4 is 15.4 Å². The first-order chi connectivity index (χ1) is 15.1.